The Balaban J connectivity index is 1.94. The second-order valence-electron chi connectivity index (χ2n) is 6.71. The lowest BCUT2D eigenvalue weighted by molar-refractivity contribution is -0.142. The lowest BCUT2D eigenvalue weighted by Gasteiger charge is -2.15. The van der Waals surface area contributed by atoms with Gasteiger partial charge in [0.2, 0.25) is 0 Å². The highest BCUT2D eigenvalue weighted by atomic mass is 19.4. The summed E-state index contributed by atoms with van der Waals surface area (Å²) >= 11 is 0. The summed E-state index contributed by atoms with van der Waals surface area (Å²) in [7, 11) is 1.44. The van der Waals surface area contributed by atoms with Gasteiger partial charge in [-0.25, -0.2) is 4.79 Å². The van der Waals surface area contributed by atoms with Crippen LogP contribution in [0.3, 0.4) is 0 Å². The van der Waals surface area contributed by atoms with Crippen LogP contribution in [0.25, 0.3) is 6.08 Å². The number of benzene rings is 2. The predicted octanol–water partition coefficient (Wildman–Crippen LogP) is 4.49. The average molecular weight is 479 g/mol. The SMILES string of the molecule is C=CCOc1ccc(/C=C/C(=O)OCC(=O)Nc2cc(C(F)(F)F)ccc2OCCOC)cc1. The molecule has 1 N–H and O–H groups in total. The van der Waals surface area contributed by atoms with E-state index in [1.54, 1.807) is 30.3 Å². The van der Waals surface area contributed by atoms with E-state index in [4.69, 9.17) is 18.9 Å². The topological polar surface area (TPSA) is 83.1 Å². The molecule has 0 fully saturated rings. The fourth-order valence-electron chi connectivity index (χ4n) is 2.53. The maximum absolute atomic E-state index is 13.0. The third-order valence-corrected chi connectivity index (χ3v) is 4.13. The minimum atomic E-state index is -4.61. The van der Waals surface area contributed by atoms with E-state index in [0.29, 0.717) is 17.9 Å². The van der Waals surface area contributed by atoms with Crippen molar-refractivity contribution in [1.82, 2.24) is 0 Å². The second-order valence-corrected chi connectivity index (χ2v) is 6.71. The molecule has 1 amide bonds. The molecule has 0 aromatic heterocycles. The number of esters is 1. The summed E-state index contributed by atoms with van der Waals surface area (Å²) in [6, 6.07) is 9.52. The number of methoxy groups -OCH3 is 1. The molecule has 0 unspecified atom stereocenters. The highest BCUT2D eigenvalue weighted by molar-refractivity contribution is 5.95. The summed E-state index contributed by atoms with van der Waals surface area (Å²) < 4.78 is 59.5. The Kier molecular flexibility index (Phi) is 10.2. The number of anilines is 1. The molecular weight excluding hydrogens is 455 g/mol. The smallest absolute Gasteiger partial charge is 0.416 e. The van der Waals surface area contributed by atoms with Crippen LogP contribution in [0.4, 0.5) is 18.9 Å². The van der Waals surface area contributed by atoms with Crippen molar-refractivity contribution in [2.75, 3.05) is 38.9 Å². The molecule has 0 heterocycles. The summed E-state index contributed by atoms with van der Waals surface area (Å²) in [5.74, 6) is -0.981. The number of amides is 1. The van der Waals surface area contributed by atoms with Crippen molar-refractivity contribution in [3.63, 3.8) is 0 Å². The van der Waals surface area contributed by atoms with E-state index in [1.165, 1.54) is 13.2 Å². The molecule has 0 atom stereocenters. The van der Waals surface area contributed by atoms with Gasteiger partial charge in [0.15, 0.2) is 6.61 Å². The van der Waals surface area contributed by atoms with Crippen LogP contribution < -0.4 is 14.8 Å². The van der Waals surface area contributed by atoms with Crippen LogP contribution in [0.5, 0.6) is 11.5 Å². The van der Waals surface area contributed by atoms with E-state index in [0.717, 1.165) is 24.3 Å². The first kappa shape index (κ1) is 26.5. The van der Waals surface area contributed by atoms with Crippen molar-refractivity contribution < 1.29 is 41.7 Å². The largest absolute Gasteiger partial charge is 0.490 e. The predicted molar refractivity (Wildman–Crippen MR) is 120 cm³/mol. The Morgan fingerprint density at radius 1 is 1.06 bits per heavy atom. The third kappa shape index (κ3) is 8.99. The maximum Gasteiger partial charge on any atom is 0.416 e. The zero-order valence-electron chi connectivity index (χ0n) is 18.4. The van der Waals surface area contributed by atoms with Crippen LogP contribution in [-0.4, -0.2) is 45.4 Å². The number of halogens is 3. The number of ether oxygens (including phenoxy) is 4. The number of hydrogen-bond donors (Lipinski definition) is 1. The monoisotopic (exact) mass is 479 g/mol. The quantitative estimate of drug-likeness (QED) is 0.209. The first-order chi connectivity index (χ1) is 16.2. The summed E-state index contributed by atoms with van der Waals surface area (Å²) in [5, 5.41) is 2.28. The Morgan fingerprint density at radius 3 is 2.44 bits per heavy atom. The van der Waals surface area contributed by atoms with Gasteiger partial charge in [0.05, 0.1) is 17.9 Å². The van der Waals surface area contributed by atoms with E-state index in [1.807, 2.05) is 0 Å². The first-order valence-corrected chi connectivity index (χ1v) is 10.0. The van der Waals surface area contributed by atoms with Gasteiger partial charge in [-0.15, -0.1) is 0 Å². The van der Waals surface area contributed by atoms with Gasteiger partial charge in [-0.05, 0) is 42.0 Å². The number of carbonyl (C=O) groups excluding carboxylic acids is 2. The number of alkyl halides is 3. The fourth-order valence-corrected chi connectivity index (χ4v) is 2.53. The molecule has 0 spiro atoms. The van der Waals surface area contributed by atoms with Gasteiger partial charge in [-0.3, -0.25) is 4.79 Å². The van der Waals surface area contributed by atoms with Crippen molar-refractivity contribution in [2.24, 2.45) is 0 Å². The van der Waals surface area contributed by atoms with Gasteiger partial charge in [-0.2, -0.15) is 13.2 Å². The summed E-state index contributed by atoms with van der Waals surface area (Å²) in [6.07, 6.45) is -0.400. The summed E-state index contributed by atoms with van der Waals surface area (Å²) in [6.45, 7) is 3.48. The van der Waals surface area contributed by atoms with Crippen molar-refractivity contribution >= 4 is 23.6 Å². The van der Waals surface area contributed by atoms with Gasteiger partial charge < -0.3 is 24.3 Å². The standard InChI is InChI=1S/C24H24F3NO6/c1-3-12-32-19-8-4-17(5-9-19)6-11-23(30)34-16-22(29)28-20-15-18(24(25,26)27)7-10-21(20)33-14-13-31-2/h3-11,15H,1,12-14,16H2,2H3,(H,28,29)/b11-6+. The lowest BCUT2D eigenvalue weighted by Crippen LogP contribution is -2.21. The normalized spacial score (nSPS) is 11.2. The molecule has 0 bridgehead atoms. The average Bonchev–Trinajstić information content (AvgIpc) is 2.81. The molecule has 2 aromatic rings. The van der Waals surface area contributed by atoms with E-state index >= 15 is 0 Å². The molecule has 0 aliphatic rings. The van der Waals surface area contributed by atoms with Crippen LogP contribution in [0.2, 0.25) is 0 Å². The van der Waals surface area contributed by atoms with E-state index in [-0.39, 0.29) is 24.7 Å². The van der Waals surface area contributed by atoms with E-state index in [9.17, 15) is 22.8 Å². The minimum absolute atomic E-state index is 0.0186. The van der Waals surface area contributed by atoms with Crippen LogP contribution in [0.1, 0.15) is 11.1 Å². The zero-order chi connectivity index (χ0) is 25.0. The van der Waals surface area contributed by atoms with Crippen LogP contribution >= 0.6 is 0 Å². The second kappa shape index (κ2) is 13.0. The Morgan fingerprint density at radius 2 is 1.79 bits per heavy atom. The highest BCUT2D eigenvalue weighted by Crippen LogP contribution is 2.35. The molecule has 7 nitrogen and oxygen atoms in total. The summed E-state index contributed by atoms with van der Waals surface area (Å²) in [5.41, 5.74) is -0.488. The van der Waals surface area contributed by atoms with Crippen LogP contribution in [0.15, 0.2) is 61.2 Å². The molecule has 0 radical (unpaired) electrons. The van der Waals surface area contributed by atoms with Gasteiger partial charge >= 0.3 is 12.1 Å². The summed E-state index contributed by atoms with van der Waals surface area (Å²) in [4.78, 5) is 24.1. The number of hydrogen-bond acceptors (Lipinski definition) is 6. The molecule has 2 rings (SSSR count). The van der Waals surface area contributed by atoms with Gasteiger partial charge in [0.1, 0.15) is 24.7 Å². The molecule has 182 valence electrons. The Hall–Kier alpha value is -3.79. The minimum Gasteiger partial charge on any atom is -0.490 e. The maximum atomic E-state index is 13.0. The molecule has 10 heteroatoms. The fraction of sp³-hybridized carbons (Fsp3) is 0.250. The number of nitrogens with one attached hydrogen (secondary N) is 1. The van der Waals surface area contributed by atoms with Crippen molar-refractivity contribution in [1.29, 1.82) is 0 Å². The van der Waals surface area contributed by atoms with E-state index < -0.39 is 30.2 Å². The van der Waals surface area contributed by atoms with Crippen molar-refractivity contribution in [2.45, 2.75) is 6.18 Å². The molecule has 0 aliphatic heterocycles. The zero-order valence-corrected chi connectivity index (χ0v) is 18.4. The van der Waals surface area contributed by atoms with Crippen LogP contribution in [-0.2, 0) is 25.2 Å². The van der Waals surface area contributed by atoms with Crippen molar-refractivity contribution in [3.8, 4) is 11.5 Å². The third-order valence-electron chi connectivity index (χ3n) is 4.13. The number of rotatable bonds is 12. The highest BCUT2D eigenvalue weighted by Gasteiger charge is 2.31. The molecule has 2 aromatic carbocycles. The molecule has 34 heavy (non-hydrogen) atoms. The van der Waals surface area contributed by atoms with Gasteiger partial charge in [-0.1, -0.05) is 24.8 Å². The number of carbonyl (C=O) groups is 2. The molecule has 0 aliphatic carbocycles. The van der Waals surface area contributed by atoms with Gasteiger partial charge in [0, 0.05) is 13.2 Å². The van der Waals surface area contributed by atoms with Crippen LogP contribution in [0, 0.1) is 0 Å². The Bertz CT molecular complexity index is 1000. The van der Waals surface area contributed by atoms with Crippen molar-refractivity contribution in [3.05, 3.63) is 72.3 Å². The first-order valence-electron chi connectivity index (χ1n) is 10.0. The van der Waals surface area contributed by atoms with Gasteiger partial charge in [0.25, 0.3) is 5.91 Å². The molecule has 0 saturated heterocycles. The molecular formula is C24H24F3NO6. The lowest BCUT2D eigenvalue weighted by atomic mass is 10.1. The van der Waals surface area contributed by atoms with E-state index in [2.05, 4.69) is 11.9 Å². The molecule has 0 saturated carbocycles. The Labute approximate surface area is 194 Å².